The van der Waals surface area contributed by atoms with Crippen LogP contribution in [0.3, 0.4) is 0 Å². The first-order valence-corrected chi connectivity index (χ1v) is 7.50. The number of aromatic nitrogens is 2. The molecule has 0 aliphatic carbocycles. The fraction of sp³-hybridized carbons (Fsp3) is 0.267. The fourth-order valence-electron chi connectivity index (χ4n) is 1.97. The number of ether oxygens (including phenoxy) is 1. The zero-order chi connectivity index (χ0) is 17.1. The van der Waals surface area contributed by atoms with Crippen LogP contribution >= 0.6 is 23.2 Å². The lowest BCUT2D eigenvalue weighted by molar-refractivity contribution is -0.136. The van der Waals surface area contributed by atoms with Crippen molar-refractivity contribution in [3.8, 4) is 11.6 Å². The number of rotatable bonds is 5. The second-order valence-electron chi connectivity index (χ2n) is 5.21. The molecule has 23 heavy (non-hydrogen) atoms. The third-order valence-electron chi connectivity index (χ3n) is 3.05. The Hall–Kier alpha value is -2.05. The molecular weight excluding hydrogens is 343 g/mol. The Bertz CT molecular complexity index is 779. The van der Waals surface area contributed by atoms with Gasteiger partial charge >= 0.3 is 5.97 Å². The Morgan fingerprint density at radius 1 is 1.30 bits per heavy atom. The Labute approximate surface area is 142 Å². The van der Waals surface area contributed by atoms with Crippen LogP contribution in [-0.2, 0) is 11.2 Å². The molecule has 0 amide bonds. The lowest BCUT2D eigenvalue weighted by atomic mass is 10.1. The van der Waals surface area contributed by atoms with Crippen LogP contribution in [0.25, 0.3) is 0 Å². The predicted molar refractivity (Wildman–Crippen MR) is 86.8 cm³/mol. The van der Waals surface area contributed by atoms with Gasteiger partial charge in [0.25, 0.3) is 5.56 Å². The van der Waals surface area contributed by atoms with Gasteiger partial charge in [-0.05, 0) is 23.6 Å². The summed E-state index contributed by atoms with van der Waals surface area (Å²) in [6.45, 7) is 3.74. The van der Waals surface area contributed by atoms with Gasteiger partial charge in [0.05, 0.1) is 16.5 Å². The third kappa shape index (κ3) is 4.24. The highest BCUT2D eigenvalue weighted by molar-refractivity contribution is 6.37. The minimum Gasteiger partial charge on any atom is -0.481 e. The quantitative estimate of drug-likeness (QED) is 0.853. The second-order valence-corrected chi connectivity index (χ2v) is 6.02. The van der Waals surface area contributed by atoms with Crippen molar-refractivity contribution in [3.63, 3.8) is 0 Å². The number of aromatic amines is 1. The lowest BCUT2D eigenvalue weighted by Crippen LogP contribution is -2.15. The summed E-state index contributed by atoms with van der Waals surface area (Å²) in [5.41, 5.74) is 0.684. The van der Waals surface area contributed by atoms with E-state index >= 15 is 0 Å². The van der Waals surface area contributed by atoms with Crippen molar-refractivity contribution in [2.24, 2.45) is 0 Å². The number of hydrogen-bond acceptors (Lipinski definition) is 4. The summed E-state index contributed by atoms with van der Waals surface area (Å²) in [6, 6.07) is 4.44. The summed E-state index contributed by atoms with van der Waals surface area (Å²) >= 11 is 12.2. The molecule has 0 saturated heterocycles. The largest absolute Gasteiger partial charge is 0.481 e. The predicted octanol–water partition coefficient (Wildman–Crippen LogP) is 3.62. The van der Waals surface area contributed by atoms with E-state index in [9.17, 15) is 9.59 Å². The summed E-state index contributed by atoms with van der Waals surface area (Å²) in [6.07, 6.45) is -0.200. The minimum absolute atomic E-state index is 0.00649. The van der Waals surface area contributed by atoms with E-state index in [2.05, 4.69) is 10.2 Å². The van der Waals surface area contributed by atoms with Crippen molar-refractivity contribution in [1.29, 1.82) is 0 Å². The molecule has 0 saturated carbocycles. The molecule has 1 aromatic heterocycles. The number of halogens is 2. The number of nitrogens with zero attached hydrogens (tertiary/aromatic N) is 1. The second kappa shape index (κ2) is 7.02. The van der Waals surface area contributed by atoms with Gasteiger partial charge in [0, 0.05) is 11.6 Å². The van der Waals surface area contributed by atoms with Gasteiger partial charge in [-0.1, -0.05) is 37.0 Å². The molecule has 2 aromatic rings. The van der Waals surface area contributed by atoms with Gasteiger partial charge in [0.2, 0.25) is 5.88 Å². The van der Waals surface area contributed by atoms with Crippen molar-refractivity contribution in [3.05, 3.63) is 49.7 Å². The summed E-state index contributed by atoms with van der Waals surface area (Å²) in [7, 11) is 0. The van der Waals surface area contributed by atoms with E-state index in [1.54, 1.807) is 0 Å². The zero-order valence-electron chi connectivity index (χ0n) is 12.4. The average molecular weight is 357 g/mol. The SMILES string of the molecule is CC(C)c1cc(Oc2c(Cl)cc(CC(=O)O)cc2Cl)n[nH]c1=O. The number of carboxylic acids is 1. The lowest BCUT2D eigenvalue weighted by Gasteiger charge is -2.11. The highest BCUT2D eigenvalue weighted by Gasteiger charge is 2.15. The molecule has 0 fully saturated rings. The minimum atomic E-state index is -0.991. The van der Waals surface area contributed by atoms with Gasteiger partial charge < -0.3 is 9.84 Å². The van der Waals surface area contributed by atoms with E-state index in [-0.39, 0.29) is 39.6 Å². The summed E-state index contributed by atoms with van der Waals surface area (Å²) in [4.78, 5) is 22.4. The number of carbonyl (C=O) groups is 1. The third-order valence-corrected chi connectivity index (χ3v) is 3.61. The van der Waals surface area contributed by atoms with E-state index < -0.39 is 5.97 Å². The Morgan fingerprint density at radius 3 is 2.43 bits per heavy atom. The van der Waals surface area contributed by atoms with Crippen LogP contribution in [0, 0.1) is 0 Å². The molecule has 0 aliphatic heterocycles. The topological polar surface area (TPSA) is 92.3 Å². The van der Waals surface area contributed by atoms with E-state index in [1.165, 1.54) is 18.2 Å². The molecule has 0 atom stereocenters. The van der Waals surface area contributed by atoms with Gasteiger partial charge in [0.15, 0.2) is 5.75 Å². The Morgan fingerprint density at radius 2 is 1.91 bits per heavy atom. The van der Waals surface area contributed by atoms with Crippen LogP contribution in [0.1, 0.15) is 30.9 Å². The molecule has 0 spiro atoms. The molecule has 0 unspecified atom stereocenters. The van der Waals surface area contributed by atoms with Crippen LogP contribution in [0.2, 0.25) is 10.0 Å². The maximum atomic E-state index is 11.7. The molecule has 2 N–H and O–H groups in total. The molecule has 6 nitrogen and oxygen atoms in total. The number of hydrogen-bond donors (Lipinski definition) is 2. The molecule has 0 bridgehead atoms. The van der Waals surface area contributed by atoms with Gasteiger partial charge in [0.1, 0.15) is 0 Å². The van der Waals surface area contributed by atoms with E-state index in [0.29, 0.717) is 11.1 Å². The zero-order valence-corrected chi connectivity index (χ0v) is 13.9. The average Bonchev–Trinajstić information content (AvgIpc) is 2.43. The van der Waals surface area contributed by atoms with E-state index in [4.69, 9.17) is 33.0 Å². The first-order valence-electron chi connectivity index (χ1n) is 6.75. The number of aliphatic carboxylic acids is 1. The maximum absolute atomic E-state index is 11.7. The number of benzene rings is 1. The van der Waals surface area contributed by atoms with Crippen LogP contribution < -0.4 is 10.3 Å². The Balaban J connectivity index is 2.35. The normalized spacial score (nSPS) is 10.8. The summed E-state index contributed by atoms with van der Waals surface area (Å²) in [5, 5.41) is 15.3. The van der Waals surface area contributed by atoms with E-state index in [0.717, 1.165) is 0 Å². The molecule has 1 heterocycles. The summed E-state index contributed by atoms with van der Waals surface area (Å²) in [5.74, 6) is -0.706. The molecule has 0 radical (unpaired) electrons. The highest BCUT2D eigenvalue weighted by Crippen LogP contribution is 2.37. The van der Waals surface area contributed by atoms with Gasteiger partial charge in [-0.25, -0.2) is 5.10 Å². The number of H-pyrrole nitrogens is 1. The standard InChI is InChI=1S/C15H14Cl2N2O4/c1-7(2)9-6-12(18-19-15(9)22)23-14-10(16)3-8(4-11(14)17)5-13(20)21/h3-4,6-7H,5H2,1-2H3,(H,19,22)(H,20,21). The monoisotopic (exact) mass is 356 g/mol. The molecule has 122 valence electrons. The van der Waals surface area contributed by atoms with Gasteiger partial charge in [-0.2, -0.15) is 0 Å². The molecule has 0 aliphatic rings. The molecule has 8 heteroatoms. The van der Waals surface area contributed by atoms with Crippen LogP contribution in [-0.4, -0.2) is 21.3 Å². The number of carboxylic acid groups (broad SMARTS) is 1. The highest BCUT2D eigenvalue weighted by atomic mass is 35.5. The van der Waals surface area contributed by atoms with Crippen molar-refractivity contribution in [1.82, 2.24) is 10.2 Å². The van der Waals surface area contributed by atoms with E-state index in [1.807, 2.05) is 13.8 Å². The van der Waals surface area contributed by atoms with Crippen molar-refractivity contribution < 1.29 is 14.6 Å². The van der Waals surface area contributed by atoms with Crippen LogP contribution in [0.5, 0.6) is 11.6 Å². The van der Waals surface area contributed by atoms with Crippen molar-refractivity contribution >= 4 is 29.2 Å². The first kappa shape index (κ1) is 17.3. The molecular formula is C15H14Cl2N2O4. The Kier molecular flexibility index (Phi) is 5.28. The number of nitrogens with one attached hydrogen (secondary N) is 1. The summed E-state index contributed by atoms with van der Waals surface area (Å²) < 4.78 is 5.55. The van der Waals surface area contributed by atoms with Crippen molar-refractivity contribution in [2.75, 3.05) is 0 Å². The molecule has 2 rings (SSSR count). The van der Waals surface area contributed by atoms with Crippen molar-refractivity contribution in [2.45, 2.75) is 26.2 Å². The van der Waals surface area contributed by atoms with Gasteiger partial charge in [-0.15, -0.1) is 5.10 Å². The fourth-order valence-corrected chi connectivity index (χ4v) is 2.58. The van der Waals surface area contributed by atoms with Crippen LogP contribution in [0.15, 0.2) is 23.0 Å². The first-order chi connectivity index (χ1) is 10.8. The van der Waals surface area contributed by atoms with Crippen LogP contribution in [0.4, 0.5) is 0 Å². The van der Waals surface area contributed by atoms with Gasteiger partial charge in [-0.3, -0.25) is 9.59 Å². The smallest absolute Gasteiger partial charge is 0.307 e. The maximum Gasteiger partial charge on any atom is 0.307 e. The molecule has 1 aromatic carbocycles.